The zero-order chi connectivity index (χ0) is 10.8. The van der Waals surface area contributed by atoms with Crippen LogP contribution in [0.4, 0.5) is 5.69 Å². The molecule has 82 valence electrons. The minimum atomic E-state index is 0.504. The average molecular weight is 204 g/mol. The van der Waals surface area contributed by atoms with Crippen molar-refractivity contribution in [2.75, 3.05) is 18.0 Å². The maximum Gasteiger partial charge on any atom is 0.0453 e. The molecule has 0 radical (unpaired) electrons. The standard InChI is InChI=1S/C13H20N2/c1-10(2)9-15-12(8-14)7-11-5-3-4-6-13(11)15/h3-6,10,12H,7-9,14H2,1-2H3. The summed E-state index contributed by atoms with van der Waals surface area (Å²) in [5.74, 6) is 0.685. The Balaban J connectivity index is 2.25. The van der Waals surface area contributed by atoms with E-state index in [0.717, 1.165) is 19.5 Å². The Bertz CT molecular complexity index is 333. The van der Waals surface area contributed by atoms with Gasteiger partial charge in [0.1, 0.15) is 0 Å². The summed E-state index contributed by atoms with van der Waals surface area (Å²) in [7, 11) is 0. The highest BCUT2D eigenvalue weighted by molar-refractivity contribution is 5.59. The number of hydrogen-bond acceptors (Lipinski definition) is 2. The summed E-state index contributed by atoms with van der Waals surface area (Å²) < 4.78 is 0. The van der Waals surface area contributed by atoms with Gasteiger partial charge in [0.05, 0.1) is 0 Å². The van der Waals surface area contributed by atoms with E-state index in [1.54, 1.807) is 0 Å². The van der Waals surface area contributed by atoms with Crippen molar-refractivity contribution >= 4 is 5.69 Å². The van der Waals surface area contributed by atoms with Crippen molar-refractivity contribution in [3.05, 3.63) is 29.8 Å². The van der Waals surface area contributed by atoms with E-state index in [0.29, 0.717) is 12.0 Å². The molecule has 0 aromatic heterocycles. The van der Waals surface area contributed by atoms with Gasteiger partial charge in [0, 0.05) is 24.8 Å². The Morgan fingerprint density at radius 3 is 2.80 bits per heavy atom. The summed E-state index contributed by atoms with van der Waals surface area (Å²) in [6, 6.07) is 9.17. The predicted molar refractivity (Wildman–Crippen MR) is 65.2 cm³/mol. The molecule has 2 nitrogen and oxygen atoms in total. The summed E-state index contributed by atoms with van der Waals surface area (Å²) in [5.41, 5.74) is 8.68. The van der Waals surface area contributed by atoms with Crippen molar-refractivity contribution in [1.29, 1.82) is 0 Å². The number of rotatable bonds is 3. The molecule has 2 heteroatoms. The van der Waals surface area contributed by atoms with Crippen molar-refractivity contribution in [3.63, 3.8) is 0 Å². The molecule has 1 aromatic carbocycles. The minimum absolute atomic E-state index is 0.504. The summed E-state index contributed by atoms with van der Waals surface area (Å²) in [6.07, 6.45) is 1.11. The molecule has 15 heavy (non-hydrogen) atoms. The van der Waals surface area contributed by atoms with Crippen LogP contribution >= 0.6 is 0 Å². The number of nitrogens with zero attached hydrogens (tertiary/aromatic N) is 1. The van der Waals surface area contributed by atoms with Crippen LogP contribution < -0.4 is 10.6 Å². The second kappa shape index (κ2) is 4.23. The molecule has 0 fully saturated rings. The van der Waals surface area contributed by atoms with Gasteiger partial charge in [0.15, 0.2) is 0 Å². The molecule has 0 spiro atoms. The molecular weight excluding hydrogens is 184 g/mol. The molecule has 0 saturated heterocycles. The summed E-state index contributed by atoms with van der Waals surface area (Å²) in [6.45, 7) is 6.38. The maximum atomic E-state index is 5.84. The lowest BCUT2D eigenvalue weighted by Gasteiger charge is -2.28. The first-order chi connectivity index (χ1) is 7.22. The van der Waals surface area contributed by atoms with Gasteiger partial charge in [-0.05, 0) is 24.0 Å². The van der Waals surface area contributed by atoms with Gasteiger partial charge in [-0.3, -0.25) is 0 Å². The third kappa shape index (κ3) is 2.00. The van der Waals surface area contributed by atoms with Crippen molar-refractivity contribution in [2.45, 2.75) is 26.3 Å². The normalized spacial score (nSPS) is 19.7. The van der Waals surface area contributed by atoms with E-state index in [4.69, 9.17) is 5.73 Å². The van der Waals surface area contributed by atoms with E-state index in [-0.39, 0.29) is 0 Å². The van der Waals surface area contributed by atoms with Crippen LogP contribution in [-0.2, 0) is 6.42 Å². The number of nitrogens with two attached hydrogens (primary N) is 1. The smallest absolute Gasteiger partial charge is 0.0453 e. The zero-order valence-corrected chi connectivity index (χ0v) is 9.61. The first-order valence-electron chi connectivity index (χ1n) is 5.77. The van der Waals surface area contributed by atoms with Gasteiger partial charge in [-0.15, -0.1) is 0 Å². The van der Waals surface area contributed by atoms with Gasteiger partial charge in [-0.25, -0.2) is 0 Å². The van der Waals surface area contributed by atoms with E-state index in [1.807, 2.05) is 0 Å². The summed E-state index contributed by atoms with van der Waals surface area (Å²) in [5, 5.41) is 0. The molecule has 2 rings (SSSR count). The third-order valence-electron chi connectivity index (χ3n) is 3.03. The van der Waals surface area contributed by atoms with Crippen molar-refractivity contribution in [1.82, 2.24) is 0 Å². The predicted octanol–water partition coefficient (Wildman–Crippen LogP) is 2.03. The number of hydrogen-bond donors (Lipinski definition) is 1. The van der Waals surface area contributed by atoms with Crippen LogP contribution in [0.1, 0.15) is 19.4 Å². The highest BCUT2D eigenvalue weighted by Crippen LogP contribution is 2.31. The SMILES string of the molecule is CC(C)CN1c2ccccc2CC1CN. The molecule has 0 bridgehead atoms. The highest BCUT2D eigenvalue weighted by atomic mass is 15.2. The average Bonchev–Trinajstić information content (AvgIpc) is 2.56. The number of anilines is 1. The minimum Gasteiger partial charge on any atom is -0.366 e. The Morgan fingerprint density at radius 1 is 1.40 bits per heavy atom. The monoisotopic (exact) mass is 204 g/mol. The van der Waals surface area contributed by atoms with E-state index in [2.05, 4.69) is 43.0 Å². The quantitative estimate of drug-likeness (QED) is 0.816. The molecule has 1 atom stereocenters. The topological polar surface area (TPSA) is 29.3 Å². The van der Waals surface area contributed by atoms with Crippen LogP contribution in [0.3, 0.4) is 0 Å². The summed E-state index contributed by atoms with van der Waals surface area (Å²) >= 11 is 0. The van der Waals surface area contributed by atoms with Crippen LogP contribution in [-0.4, -0.2) is 19.1 Å². The van der Waals surface area contributed by atoms with E-state index < -0.39 is 0 Å². The van der Waals surface area contributed by atoms with E-state index in [1.165, 1.54) is 11.3 Å². The van der Waals surface area contributed by atoms with Crippen LogP contribution in [0, 0.1) is 5.92 Å². The van der Waals surface area contributed by atoms with Crippen LogP contribution in [0.15, 0.2) is 24.3 Å². The van der Waals surface area contributed by atoms with Crippen LogP contribution in [0.2, 0.25) is 0 Å². The van der Waals surface area contributed by atoms with Gasteiger partial charge >= 0.3 is 0 Å². The molecule has 0 aliphatic carbocycles. The van der Waals surface area contributed by atoms with Crippen molar-refractivity contribution < 1.29 is 0 Å². The van der Waals surface area contributed by atoms with Gasteiger partial charge in [0.25, 0.3) is 0 Å². The second-order valence-electron chi connectivity index (χ2n) is 4.77. The first kappa shape index (κ1) is 10.5. The van der Waals surface area contributed by atoms with Gasteiger partial charge in [-0.2, -0.15) is 0 Å². The van der Waals surface area contributed by atoms with Crippen LogP contribution in [0.25, 0.3) is 0 Å². The number of para-hydroxylation sites is 1. The van der Waals surface area contributed by atoms with Crippen molar-refractivity contribution in [3.8, 4) is 0 Å². The Hall–Kier alpha value is -1.02. The fraction of sp³-hybridized carbons (Fsp3) is 0.538. The Kier molecular flexibility index (Phi) is 2.96. The molecule has 1 aromatic rings. The zero-order valence-electron chi connectivity index (χ0n) is 9.61. The van der Waals surface area contributed by atoms with Crippen molar-refractivity contribution in [2.24, 2.45) is 11.7 Å². The van der Waals surface area contributed by atoms with E-state index in [9.17, 15) is 0 Å². The molecule has 1 aliphatic heterocycles. The van der Waals surface area contributed by atoms with Gasteiger partial charge < -0.3 is 10.6 Å². The van der Waals surface area contributed by atoms with Crippen LogP contribution in [0.5, 0.6) is 0 Å². The fourth-order valence-electron chi connectivity index (χ4n) is 2.38. The molecule has 0 amide bonds. The molecule has 1 aliphatic rings. The molecule has 1 heterocycles. The molecule has 1 unspecified atom stereocenters. The Morgan fingerprint density at radius 2 is 2.13 bits per heavy atom. The largest absolute Gasteiger partial charge is 0.366 e. The number of fused-ring (bicyclic) bond motifs is 1. The van der Waals surface area contributed by atoms with Gasteiger partial charge in [0.2, 0.25) is 0 Å². The fourth-order valence-corrected chi connectivity index (χ4v) is 2.38. The molecule has 0 saturated carbocycles. The molecule has 2 N–H and O–H groups in total. The highest BCUT2D eigenvalue weighted by Gasteiger charge is 2.27. The molecular formula is C13H20N2. The lowest BCUT2D eigenvalue weighted by molar-refractivity contribution is 0.553. The maximum absolute atomic E-state index is 5.84. The lowest BCUT2D eigenvalue weighted by Crippen LogP contribution is -2.40. The number of benzene rings is 1. The Labute approximate surface area is 92.1 Å². The second-order valence-corrected chi connectivity index (χ2v) is 4.77. The van der Waals surface area contributed by atoms with E-state index >= 15 is 0 Å². The van der Waals surface area contributed by atoms with Gasteiger partial charge in [-0.1, -0.05) is 32.0 Å². The lowest BCUT2D eigenvalue weighted by atomic mass is 10.1. The summed E-state index contributed by atoms with van der Waals surface area (Å²) in [4.78, 5) is 2.47. The first-order valence-corrected chi connectivity index (χ1v) is 5.77. The third-order valence-corrected chi connectivity index (χ3v) is 3.03.